The summed E-state index contributed by atoms with van der Waals surface area (Å²) in [5.41, 5.74) is 2.04. The number of benzene rings is 1. The molecule has 0 saturated carbocycles. The van der Waals surface area contributed by atoms with Gasteiger partial charge in [0.2, 0.25) is 0 Å². The summed E-state index contributed by atoms with van der Waals surface area (Å²) >= 11 is 0. The first-order valence-corrected chi connectivity index (χ1v) is 9.03. The standard InChI is InChI=1S/C20H18N6O3/c1-2-20(15-6-4-3-5-7-15)18(28)26(19(29)23-20)24-17(27)14-8-9-16(22-12-14)25-11-10-21-13-25/h3-13H,2H2,1H3,(H,23,29)(H,24,27)/t20-/m0/s1. The molecule has 1 aromatic carbocycles. The molecule has 4 rings (SSSR count). The number of imide groups is 1. The van der Waals surface area contributed by atoms with Gasteiger partial charge in [-0.15, -0.1) is 0 Å². The van der Waals surface area contributed by atoms with Gasteiger partial charge in [-0.2, -0.15) is 5.01 Å². The molecule has 0 unspecified atom stereocenters. The number of nitrogens with one attached hydrogen (secondary N) is 2. The van der Waals surface area contributed by atoms with Crippen molar-refractivity contribution in [2.24, 2.45) is 0 Å². The number of pyridine rings is 1. The minimum Gasteiger partial charge on any atom is -0.318 e. The minimum atomic E-state index is -1.21. The highest BCUT2D eigenvalue weighted by atomic mass is 16.2. The number of carbonyl (C=O) groups excluding carboxylic acids is 3. The second-order valence-corrected chi connectivity index (χ2v) is 6.51. The monoisotopic (exact) mass is 390 g/mol. The number of urea groups is 1. The molecule has 0 spiro atoms. The van der Waals surface area contributed by atoms with Gasteiger partial charge in [-0.3, -0.25) is 19.6 Å². The lowest BCUT2D eigenvalue weighted by molar-refractivity contribution is -0.133. The van der Waals surface area contributed by atoms with Gasteiger partial charge >= 0.3 is 6.03 Å². The summed E-state index contributed by atoms with van der Waals surface area (Å²) in [4.78, 5) is 46.2. The van der Waals surface area contributed by atoms with Crippen LogP contribution in [0.15, 0.2) is 67.4 Å². The number of hydrogen-bond acceptors (Lipinski definition) is 5. The van der Waals surface area contributed by atoms with Gasteiger partial charge in [0.15, 0.2) is 0 Å². The lowest BCUT2D eigenvalue weighted by Gasteiger charge is -2.25. The average molecular weight is 390 g/mol. The molecular formula is C20H18N6O3. The molecule has 3 aromatic rings. The first-order valence-electron chi connectivity index (χ1n) is 9.03. The van der Waals surface area contributed by atoms with Crippen molar-refractivity contribution in [1.29, 1.82) is 0 Å². The maximum absolute atomic E-state index is 13.0. The van der Waals surface area contributed by atoms with Crippen molar-refractivity contribution in [2.45, 2.75) is 18.9 Å². The van der Waals surface area contributed by atoms with Gasteiger partial charge in [-0.1, -0.05) is 37.3 Å². The first-order chi connectivity index (χ1) is 14.0. The fourth-order valence-electron chi connectivity index (χ4n) is 3.27. The molecule has 0 radical (unpaired) electrons. The summed E-state index contributed by atoms with van der Waals surface area (Å²) in [7, 11) is 0. The molecule has 1 atom stereocenters. The zero-order valence-electron chi connectivity index (χ0n) is 15.6. The van der Waals surface area contributed by atoms with Gasteiger partial charge in [-0.25, -0.2) is 14.8 Å². The van der Waals surface area contributed by atoms with Gasteiger partial charge in [0.1, 0.15) is 17.7 Å². The maximum atomic E-state index is 13.0. The van der Waals surface area contributed by atoms with Crippen molar-refractivity contribution >= 4 is 17.8 Å². The zero-order chi connectivity index (χ0) is 20.4. The Balaban J connectivity index is 1.54. The summed E-state index contributed by atoms with van der Waals surface area (Å²) in [6.45, 7) is 1.80. The van der Waals surface area contributed by atoms with Crippen LogP contribution < -0.4 is 10.7 Å². The Kier molecular flexibility index (Phi) is 4.55. The number of hydrazine groups is 1. The Morgan fingerprint density at radius 2 is 1.97 bits per heavy atom. The number of rotatable bonds is 5. The van der Waals surface area contributed by atoms with Crippen LogP contribution in [-0.2, 0) is 10.3 Å². The minimum absolute atomic E-state index is 0.211. The molecule has 2 aromatic heterocycles. The van der Waals surface area contributed by atoms with E-state index in [4.69, 9.17) is 0 Å². The highest BCUT2D eigenvalue weighted by Crippen LogP contribution is 2.31. The summed E-state index contributed by atoms with van der Waals surface area (Å²) in [5, 5.41) is 3.44. The van der Waals surface area contributed by atoms with E-state index < -0.39 is 23.4 Å². The average Bonchev–Trinajstić information content (AvgIpc) is 3.38. The van der Waals surface area contributed by atoms with E-state index >= 15 is 0 Å². The Bertz CT molecular complexity index is 1050. The van der Waals surface area contributed by atoms with Gasteiger partial charge in [0.05, 0.1) is 5.56 Å². The topological polar surface area (TPSA) is 109 Å². The maximum Gasteiger partial charge on any atom is 0.344 e. The molecule has 1 aliphatic heterocycles. The SMILES string of the molecule is CC[C@@]1(c2ccccc2)NC(=O)N(NC(=O)c2ccc(-n3ccnc3)nc2)C1=O. The van der Waals surface area contributed by atoms with Crippen molar-refractivity contribution in [3.8, 4) is 5.82 Å². The number of amides is 4. The van der Waals surface area contributed by atoms with Crippen molar-refractivity contribution in [3.05, 3.63) is 78.5 Å². The van der Waals surface area contributed by atoms with Crippen LogP contribution in [-0.4, -0.2) is 37.4 Å². The van der Waals surface area contributed by atoms with E-state index in [0.717, 1.165) is 5.01 Å². The Morgan fingerprint density at radius 3 is 2.59 bits per heavy atom. The summed E-state index contributed by atoms with van der Waals surface area (Å²) in [6, 6.07) is 11.5. The lowest BCUT2D eigenvalue weighted by Crippen LogP contribution is -2.48. The number of imidazole rings is 1. The highest BCUT2D eigenvalue weighted by molar-refractivity contribution is 6.09. The third-order valence-corrected chi connectivity index (χ3v) is 4.88. The fourth-order valence-corrected chi connectivity index (χ4v) is 3.27. The van der Waals surface area contributed by atoms with Gasteiger partial charge in [0.25, 0.3) is 11.8 Å². The van der Waals surface area contributed by atoms with E-state index in [2.05, 4.69) is 20.7 Å². The fraction of sp³-hybridized carbons (Fsp3) is 0.150. The van der Waals surface area contributed by atoms with E-state index in [0.29, 0.717) is 17.8 Å². The van der Waals surface area contributed by atoms with Crippen molar-refractivity contribution in [3.63, 3.8) is 0 Å². The molecule has 0 bridgehead atoms. The third-order valence-electron chi connectivity index (χ3n) is 4.88. The summed E-state index contributed by atoms with van der Waals surface area (Å²) in [6.07, 6.45) is 6.64. The van der Waals surface area contributed by atoms with Crippen LogP contribution in [0, 0.1) is 0 Å². The number of aromatic nitrogens is 3. The second-order valence-electron chi connectivity index (χ2n) is 6.51. The highest BCUT2D eigenvalue weighted by Gasteiger charge is 2.52. The molecule has 1 fully saturated rings. The number of carbonyl (C=O) groups is 3. The summed E-state index contributed by atoms with van der Waals surface area (Å²) in [5.74, 6) is -0.561. The van der Waals surface area contributed by atoms with E-state index in [1.165, 1.54) is 6.20 Å². The third kappa shape index (κ3) is 3.12. The van der Waals surface area contributed by atoms with Crippen LogP contribution in [0.25, 0.3) is 5.82 Å². The van der Waals surface area contributed by atoms with E-state index in [1.54, 1.807) is 66.6 Å². The first kappa shape index (κ1) is 18.4. The number of hydrogen-bond donors (Lipinski definition) is 2. The van der Waals surface area contributed by atoms with Gasteiger partial charge < -0.3 is 5.32 Å². The normalized spacial score (nSPS) is 18.6. The zero-order valence-corrected chi connectivity index (χ0v) is 15.6. The van der Waals surface area contributed by atoms with Crippen molar-refractivity contribution < 1.29 is 14.4 Å². The molecule has 146 valence electrons. The largest absolute Gasteiger partial charge is 0.344 e. The molecule has 0 aliphatic carbocycles. The Hall–Kier alpha value is -4.01. The predicted molar refractivity (Wildman–Crippen MR) is 103 cm³/mol. The van der Waals surface area contributed by atoms with Crippen molar-refractivity contribution in [1.82, 2.24) is 30.3 Å². The van der Waals surface area contributed by atoms with Crippen LogP contribution in [0.3, 0.4) is 0 Å². The predicted octanol–water partition coefficient (Wildman–Crippen LogP) is 1.77. The van der Waals surface area contributed by atoms with Crippen LogP contribution in [0.4, 0.5) is 4.79 Å². The molecule has 9 nitrogen and oxygen atoms in total. The number of nitrogens with zero attached hydrogens (tertiary/aromatic N) is 4. The van der Waals surface area contributed by atoms with E-state index in [1.807, 2.05) is 6.07 Å². The quantitative estimate of drug-likeness (QED) is 0.646. The van der Waals surface area contributed by atoms with Crippen LogP contribution in [0.1, 0.15) is 29.3 Å². The second kappa shape index (κ2) is 7.19. The molecule has 1 aliphatic rings. The Morgan fingerprint density at radius 1 is 1.17 bits per heavy atom. The van der Waals surface area contributed by atoms with Gasteiger partial charge in [-0.05, 0) is 24.1 Å². The molecule has 4 amide bonds. The van der Waals surface area contributed by atoms with Crippen LogP contribution >= 0.6 is 0 Å². The van der Waals surface area contributed by atoms with E-state index in [9.17, 15) is 14.4 Å². The molecular weight excluding hydrogens is 372 g/mol. The molecule has 9 heteroatoms. The van der Waals surface area contributed by atoms with Crippen LogP contribution in [0.2, 0.25) is 0 Å². The molecule has 29 heavy (non-hydrogen) atoms. The molecule has 1 saturated heterocycles. The molecule has 2 N–H and O–H groups in total. The van der Waals surface area contributed by atoms with Crippen LogP contribution in [0.5, 0.6) is 0 Å². The lowest BCUT2D eigenvalue weighted by atomic mass is 9.87. The van der Waals surface area contributed by atoms with Crippen molar-refractivity contribution in [2.75, 3.05) is 0 Å². The summed E-state index contributed by atoms with van der Waals surface area (Å²) < 4.78 is 1.69. The van der Waals surface area contributed by atoms with E-state index in [-0.39, 0.29) is 5.56 Å². The van der Waals surface area contributed by atoms with Gasteiger partial charge in [0, 0.05) is 18.6 Å². The smallest absolute Gasteiger partial charge is 0.318 e. The molecule has 3 heterocycles. The Labute approximate surface area is 166 Å².